The molecule has 2 heteroatoms. The minimum absolute atomic E-state index is 0.0117. The summed E-state index contributed by atoms with van der Waals surface area (Å²) in [6.07, 6.45) is 2.04. The first-order chi connectivity index (χ1) is 9.40. The van der Waals surface area contributed by atoms with Crippen LogP contribution in [-0.2, 0) is 4.74 Å². The van der Waals surface area contributed by atoms with Crippen LogP contribution in [0, 0.1) is 0 Å². The van der Waals surface area contributed by atoms with Gasteiger partial charge in [-0.25, -0.2) is 0 Å². The Balaban J connectivity index is 2.10. The number of fused-ring (bicyclic) bond motifs is 1. The van der Waals surface area contributed by atoms with Crippen LogP contribution in [0.2, 0.25) is 0 Å². The average molecular weight is 251 g/mol. The van der Waals surface area contributed by atoms with E-state index in [2.05, 4.69) is 53.6 Å². The fraction of sp³-hybridized carbons (Fsp3) is 0.176. The van der Waals surface area contributed by atoms with Gasteiger partial charge in [0.1, 0.15) is 6.10 Å². The van der Waals surface area contributed by atoms with Crippen LogP contribution in [0.4, 0.5) is 0 Å². The summed E-state index contributed by atoms with van der Waals surface area (Å²) in [4.78, 5) is 3.32. The smallest absolute Gasteiger partial charge is 0.110 e. The Morgan fingerprint density at radius 2 is 1.74 bits per heavy atom. The fourth-order valence-electron chi connectivity index (χ4n) is 2.47. The van der Waals surface area contributed by atoms with Gasteiger partial charge in [0.15, 0.2) is 0 Å². The minimum Gasteiger partial charge on any atom is -0.369 e. The predicted octanol–water partition coefficient (Wildman–Crippen LogP) is 4.29. The highest BCUT2D eigenvalue weighted by atomic mass is 16.5. The van der Waals surface area contributed by atoms with Crippen molar-refractivity contribution in [1.29, 1.82) is 0 Å². The first-order valence-corrected chi connectivity index (χ1v) is 6.62. The molecule has 0 radical (unpaired) electrons. The number of rotatable bonds is 4. The van der Waals surface area contributed by atoms with E-state index in [0.29, 0.717) is 6.61 Å². The Hall–Kier alpha value is -2.06. The number of H-pyrrole nitrogens is 1. The van der Waals surface area contributed by atoms with Crippen molar-refractivity contribution in [2.24, 2.45) is 0 Å². The van der Waals surface area contributed by atoms with E-state index in [-0.39, 0.29) is 6.10 Å². The van der Waals surface area contributed by atoms with Crippen LogP contribution >= 0.6 is 0 Å². The summed E-state index contributed by atoms with van der Waals surface area (Å²) in [5, 5.41) is 1.23. The van der Waals surface area contributed by atoms with E-state index >= 15 is 0 Å². The summed E-state index contributed by atoms with van der Waals surface area (Å²) in [6.45, 7) is 2.73. The molecule has 3 rings (SSSR count). The van der Waals surface area contributed by atoms with Gasteiger partial charge in [-0.15, -0.1) is 0 Å². The van der Waals surface area contributed by atoms with Crippen LogP contribution in [0.5, 0.6) is 0 Å². The van der Waals surface area contributed by atoms with E-state index in [0.717, 1.165) is 5.52 Å². The largest absolute Gasteiger partial charge is 0.369 e. The molecular weight excluding hydrogens is 234 g/mol. The monoisotopic (exact) mass is 251 g/mol. The molecule has 0 amide bonds. The molecule has 1 atom stereocenters. The van der Waals surface area contributed by atoms with Crippen molar-refractivity contribution in [2.45, 2.75) is 13.0 Å². The lowest BCUT2D eigenvalue weighted by Crippen LogP contribution is -2.05. The summed E-state index contributed by atoms with van der Waals surface area (Å²) >= 11 is 0. The molecule has 0 bridgehead atoms. The van der Waals surface area contributed by atoms with Gasteiger partial charge in [0, 0.05) is 29.3 Å². The van der Waals surface area contributed by atoms with E-state index in [9.17, 15) is 0 Å². The van der Waals surface area contributed by atoms with Gasteiger partial charge in [0.05, 0.1) is 0 Å². The van der Waals surface area contributed by atoms with Crippen molar-refractivity contribution in [3.8, 4) is 0 Å². The Bertz CT molecular complexity index is 657. The van der Waals surface area contributed by atoms with Crippen molar-refractivity contribution in [3.63, 3.8) is 0 Å². The number of para-hydroxylation sites is 1. The lowest BCUT2D eigenvalue weighted by Gasteiger charge is -2.17. The van der Waals surface area contributed by atoms with Crippen LogP contribution < -0.4 is 0 Å². The number of aromatic amines is 1. The third-order valence-electron chi connectivity index (χ3n) is 3.34. The highest BCUT2D eigenvalue weighted by molar-refractivity contribution is 5.83. The molecule has 0 saturated heterocycles. The van der Waals surface area contributed by atoms with Gasteiger partial charge in [-0.05, 0) is 18.6 Å². The molecule has 1 aromatic heterocycles. The molecule has 1 N–H and O–H groups in total. The summed E-state index contributed by atoms with van der Waals surface area (Å²) in [6, 6.07) is 18.7. The zero-order chi connectivity index (χ0) is 13.1. The molecular formula is C17H17NO. The van der Waals surface area contributed by atoms with Gasteiger partial charge in [-0.2, -0.15) is 0 Å². The third-order valence-corrected chi connectivity index (χ3v) is 3.34. The average Bonchev–Trinajstić information content (AvgIpc) is 2.89. The molecule has 1 unspecified atom stereocenters. The van der Waals surface area contributed by atoms with Crippen molar-refractivity contribution in [3.05, 3.63) is 71.9 Å². The number of hydrogen-bond acceptors (Lipinski definition) is 1. The van der Waals surface area contributed by atoms with E-state index in [1.165, 1.54) is 16.5 Å². The predicted molar refractivity (Wildman–Crippen MR) is 78.2 cm³/mol. The Morgan fingerprint density at radius 3 is 2.53 bits per heavy atom. The fourth-order valence-corrected chi connectivity index (χ4v) is 2.47. The third kappa shape index (κ3) is 2.27. The number of ether oxygens (including phenoxy) is 1. The van der Waals surface area contributed by atoms with Gasteiger partial charge in [0.25, 0.3) is 0 Å². The zero-order valence-electron chi connectivity index (χ0n) is 11.0. The van der Waals surface area contributed by atoms with E-state index < -0.39 is 0 Å². The Morgan fingerprint density at radius 1 is 1.00 bits per heavy atom. The van der Waals surface area contributed by atoms with Crippen molar-refractivity contribution < 1.29 is 4.74 Å². The van der Waals surface area contributed by atoms with Crippen molar-refractivity contribution in [2.75, 3.05) is 6.61 Å². The van der Waals surface area contributed by atoms with E-state index in [4.69, 9.17) is 4.74 Å². The number of aromatic nitrogens is 1. The molecule has 1 heterocycles. The maximum Gasteiger partial charge on any atom is 0.110 e. The number of nitrogens with one attached hydrogen (secondary N) is 1. The van der Waals surface area contributed by atoms with Gasteiger partial charge in [0.2, 0.25) is 0 Å². The Kier molecular flexibility index (Phi) is 3.34. The van der Waals surface area contributed by atoms with Crippen LogP contribution in [0.3, 0.4) is 0 Å². The summed E-state index contributed by atoms with van der Waals surface area (Å²) in [5.74, 6) is 0. The first kappa shape index (κ1) is 12.0. The Labute approximate surface area is 113 Å². The van der Waals surface area contributed by atoms with E-state index in [1.54, 1.807) is 0 Å². The molecule has 0 aliphatic heterocycles. The van der Waals surface area contributed by atoms with Crippen molar-refractivity contribution in [1.82, 2.24) is 4.98 Å². The minimum atomic E-state index is -0.0117. The molecule has 96 valence electrons. The highest BCUT2D eigenvalue weighted by Gasteiger charge is 2.17. The number of hydrogen-bond donors (Lipinski definition) is 1. The molecule has 3 aromatic rings. The van der Waals surface area contributed by atoms with Crippen LogP contribution in [0.25, 0.3) is 10.9 Å². The maximum absolute atomic E-state index is 5.96. The lowest BCUT2D eigenvalue weighted by atomic mass is 10.0. The maximum atomic E-state index is 5.96. The second kappa shape index (κ2) is 5.29. The SMILES string of the molecule is CCOC(c1ccccc1)c1c[nH]c2ccccc12. The molecule has 2 nitrogen and oxygen atoms in total. The second-order valence-electron chi connectivity index (χ2n) is 4.54. The second-order valence-corrected chi connectivity index (χ2v) is 4.54. The van der Waals surface area contributed by atoms with Crippen LogP contribution in [0.1, 0.15) is 24.2 Å². The summed E-state index contributed by atoms with van der Waals surface area (Å²) in [7, 11) is 0. The molecule has 19 heavy (non-hydrogen) atoms. The first-order valence-electron chi connectivity index (χ1n) is 6.62. The van der Waals surface area contributed by atoms with Gasteiger partial charge in [-0.3, -0.25) is 0 Å². The van der Waals surface area contributed by atoms with Crippen LogP contribution in [-0.4, -0.2) is 11.6 Å². The molecule has 0 fully saturated rings. The normalized spacial score (nSPS) is 12.7. The molecule has 0 saturated carbocycles. The molecule has 2 aromatic carbocycles. The summed E-state index contributed by atoms with van der Waals surface area (Å²) < 4.78 is 5.96. The molecule has 0 aliphatic rings. The molecule has 0 spiro atoms. The topological polar surface area (TPSA) is 25.0 Å². The number of benzene rings is 2. The van der Waals surface area contributed by atoms with Gasteiger partial charge >= 0.3 is 0 Å². The van der Waals surface area contributed by atoms with Crippen LogP contribution in [0.15, 0.2) is 60.8 Å². The van der Waals surface area contributed by atoms with Gasteiger partial charge in [-0.1, -0.05) is 48.5 Å². The van der Waals surface area contributed by atoms with Crippen molar-refractivity contribution >= 4 is 10.9 Å². The lowest BCUT2D eigenvalue weighted by molar-refractivity contribution is 0.0923. The highest BCUT2D eigenvalue weighted by Crippen LogP contribution is 2.31. The van der Waals surface area contributed by atoms with E-state index in [1.807, 2.05) is 19.1 Å². The quantitative estimate of drug-likeness (QED) is 0.735. The van der Waals surface area contributed by atoms with Gasteiger partial charge < -0.3 is 9.72 Å². The standard InChI is InChI=1S/C17H17NO/c1-2-19-17(13-8-4-3-5-9-13)15-12-18-16-11-7-6-10-14(15)16/h3-12,17-18H,2H2,1H3. The zero-order valence-corrected chi connectivity index (χ0v) is 11.0. The molecule has 0 aliphatic carbocycles. The summed E-state index contributed by atoms with van der Waals surface area (Å²) in [5.41, 5.74) is 3.54.